The zero-order valence-electron chi connectivity index (χ0n) is 13.7. The number of hydrogen-bond donors (Lipinski definition) is 1. The van der Waals surface area contributed by atoms with E-state index >= 15 is 0 Å². The van der Waals surface area contributed by atoms with Crippen molar-refractivity contribution in [2.45, 2.75) is 5.03 Å². The summed E-state index contributed by atoms with van der Waals surface area (Å²) in [5, 5.41) is 10.9. The lowest BCUT2D eigenvalue weighted by atomic mass is 10.1. The number of aromatic nitrogens is 2. The Hall–Kier alpha value is -2.77. The molecule has 1 aromatic heterocycles. The van der Waals surface area contributed by atoms with Gasteiger partial charge < -0.3 is 5.32 Å². The molecule has 132 valence electrons. The molecule has 0 aliphatic heterocycles. The number of carbonyl (C=O) groups excluding carboxylic acids is 1. The molecule has 0 unspecified atom stereocenters. The van der Waals surface area contributed by atoms with E-state index in [1.807, 2.05) is 0 Å². The molecule has 2 aromatic carbocycles. The van der Waals surface area contributed by atoms with Crippen molar-refractivity contribution in [2.75, 3.05) is 11.6 Å². The van der Waals surface area contributed by atoms with Crippen molar-refractivity contribution in [3.8, 4) is 11.3 Å². The maximum absolute atomic E-state index is 12.2. The number of halogens is 1. The van der Waals surface area contributed by atoms with Crippen molar-refractivity contribution in [2.24, 2.45) is 0 Å². The molecule has 0 aliphatic carbocycles. The summed E-state index contributed by atoms with van der Waals surface area (Å²) in [4.78, 5) is 12.2. The van der Waals surface area contributed by atoms with E-state index in [1.54, 1.807) is 54.6 Å². The van der Waals surface area contributed by atoms with E-state index in [4.69, 9.17) is 11.6 Å². The molecule has 0 spiro atoms. The first-order chi connectivity index (χ1) is 12.3. The average molecular weight is 388 g/mol. The Balaban J connectivity index is 1.74. The summed E-state index contributed by atoms with van der Waals surface area (Å²) in [6.07, 6.45) is 1.08. The molecule has 0 fully saturated rings. The van der Waals surface area contributed by atoms with Crippen LogP contribution in [0.5, 0.6) is 0 Å². The Bertz CT molecular complexity index is 1030. The van der Waals surface area contributed by atoms with E-state index in [0.717, 1.165) is 11.8 Å². The molecule has 1 amide bonds. The SMILES string of the molecule is CS(=O)(=O)c1ccc(-c2ccc(NC(=O)c3ccc(Cl)cc3)cc2)nn1. The molecule has 3 aromatic rings. The van der Waals surface area contributed by atoms with Gasteiger partial charge in [0.15, 0.2) is 14.9 Å². The highest BCUT2D eigenvalue weighted by molar-refractivity contribution is 7.90. The minimum atomic E-state index is -3.38. The summed E-state index contributed by atoms with van der Waals surface area (Å²) in [7, 11) is -3.38. The molecule has 0 saturated carbocycles. The second-order valence-electron chi connectivity index (χ2n) is 5.57. The monoisotopic (exact) mass is 387 g/mol. The fraction of sp³-hybridized carbons (Fsp3) is 0.0556. The van der Waals surface area contributed by atoms with Crippen LogP contribution in [0.3, 0.4) is 0 Å². The number of anilines is 1. The van der Waals surface area contributed by atoms with Gasteiger partial charge in [-0.15, -0.1) is 10.2 Å². The highest BCUT2D eigenvalue weighted by atomic mass is 35.5. The van der Waals surface area contributed by atoms with Crippen molar-refractivity contribution in [3.63, 3.8) is 0 Å². The van der Waals surface area contributed by atoms with Crippen LogP contribution in [0.25, 0.3) is 11.3 Å². The normalized spacial score (nSPS) is 11.2. The van der Waals surface area contributed by atoms with Gasteiger partial charge in [0.2, 0.25) is 0 Å². The van der Waals surface area contributed by atoms with Crippen LogP contribution in [0.4, 0.5) is 5.69 Å². The standard InChI is InChI=1S/C18H14ClN3O3S/c1-26(24,25)17-11-10-16(21-22-17)12-4-8-15(9-5-12)20-18(23)13-2-6-14(19)7-3-13/h2-11H,1H3,(H,20,23). The minimum absolute atomic E-state index is 0.0758. The largest absolute Gasteiger partial charge is 0.322 e. The summed E-state index contributed by atoms with van der Waals surface area (Å²) in [6.45, 7) is 0. The number of nitrogens with zero attached hydrogens (tertiary/aromatic N) is 2. The molecule has 0 radical (unpaired) electrons. The van der Waals surface area contributed by atoms with Crippen LogP contribution < -0.4 is 5.32 Å². The highest BCUT2D eigenvalue weighted by Gasteiger charge is 2.10. The quantitative estimate of drug-likeness (QED) is 0.740. The molecular formula is C18H14ClN3O3S. The summed E-state index contributed by atoms with van der Waals surface area (Å²) < 4.78 is 22.8. The van der Waals surface area contributed by atoms with E-state index in [9.17, 15) is 13.2 Å². The molecule has 1 heterocycles. The van der Waals surface area contributed by atoms with Crippen LogP contribution in [0.1, 0.15) is 10.4 Å². The van der Waals surface area contributed by atoms with Gasteiger partial charge in [0.25, 0.3) is 5.91 Å². The Morgan fingerprint density at radius 3 is 2.12 bits per heavy atom. The third kappa shape index (κ3) is 4.25. The Kier molecular flexibility index (Phi) is 5.01. The van der Waals surface area contributed by atoms with Gasteiger partial charge in [0.05, 0.1) is 5.69 Å². The van der Waals surface area contributed by atoms with Crippen molar-refractivity contribution < 1.29 is 13.2 Å². The number of hydrogen-bond acceptors (Lipinski definition) is 5. The zero-order chi connectivity index (χ0) is 18.7. The summed E-state index contributed by atoms with van der Waals surface area (Å²) in [5.41, 5.74) is 2.41. The molecule has 1 N–H and O–H groups in total. The minimum Gasteiger partial charge on any atom is -0.322 e. The average Bonchev–Trinajstić information content (AvgIpc) is 2.62. The smallest absolute Gasteiger partial charge is 0.255 e. The molecule has 0 saturated heterocycles. The lowest BCUT2D eigenvalue weighted by molar-refractivity contribution is 0.102. The molecule has 0 atom stereocenters. The highest BCUT2D eigenvalue weighted by Crippen LogP contribution is 2.20. The van der Waals surface area contributed by atoms with Crippen LogP contribution in [0, 0.1) is 0 Å². The van der Waals surface area contributed by atoms with E-state index in [-0.39, 0.29) is 10.9 Å². The van der Waals surface area contributed by atoms with E-state index in [0.29, 0.717) is 22.0 Å². The number of nitrogens with one attached hydrogen (secondary N) is 1. The van der Waals surface area contributed by atoms with E-state index in [2.05, 4.69) is 15.5 Å². The van der Waals surface area contributed by atoms with Gasteiger partial charge in [-0.1, -0.05) is 23.7 Å². The second kappa shape index (κ2) is 7.23. The predicted octanol–water partition coefficient (Wildman–Crippen LogP) is 3.45. The molecule has 6 nitrogen and oxygen atoms in total. The number of benzene rings is 2. The van der Waals surface area contributed by atoms with E-state index < -0.39 is 9.84 Å². The fourth-order valence-corrected chi connectivity index (χ4v) is 2.83. The third-order valence-corrected chi connectivity index (χ3v) is 4.79. The first kappa shape index (κ1) is 18.0. The number of carbonyl (C=O) groups is 1. The van der Waals surface area contributed by atoms with E-state index in [1.165, 1.54) is 6.07 Å². The van der Waals surface area contributed by atoms with Crippen LogP contribution in [0.15, 0.2) is 65.7 Å². The molecule has 0 aliphatic rings. The Morgan fingerprint density at radius 2 is 1.58 bits per heavy atom. The Morgan fingerprint density at radius 1 is 0.923 bits per heavy atom. The van der Waals surface area contributed by atoms with Crippen LogP contribution in [0.2, 0.25) is 5.02 Å². The molecule has 0 bridgehead atoms. The van der Waals surface area contributed by atoms with Gasteiger partial charge in [-0.25, -0.2) is 8.42 Å². The third-order valence-electron chi connectivity index (χ3n) is 3.56. The summed E-state index contributed by atoms with van der Waals surface area (Å²) in [5.74, 6) is -0.244. The zero-order valence-corrected chi connectivity index (χ0v) is 15.3. The molecule has 26 heavy (non-hydrogen) atoms. The number of sulfone groups is 1. The van der Waals surface area contributed by atoms with Crippen molar-refractivity contribution >= 4 is 33.0 Å². The first-order valence-electron chi connectivity index (χ1n) is 7.54. The van der Waals surface area contributed by atoms with Gasteiger partial charge >= 0.3 is 0 Å². The molecular weight excluding hydrogens is 374 g/mol. The second-order valence-corrected chi connectivity index (χ2v) is 7.97. The summed E-state index contributed by atoms with van der Waals surface area (Å²) in [6, 6.07) is 16.6. The summed E-state index contributed by atoms with van der Waals surface area (Å²) >= 11 is 5.81. The molecule has 8 heteroatoms. The predicted molar refractivity (Wildman–Crippen MR) is 100.0 cm³/mol. The van der Waals surface area contributed by atoms with Gasteiger partial charge in [0.1, 0.15) is 0 Å². The maximum atomic E-state index is 12.2. The number of rotatable bonds is 4. The van der Waals surface area contributed by atoms with Crippen molar-refractivity contribution in [1.29, 1.82) is 0 Å². The lowest BCUT2D eigenvalue weighted by Gasteiger charge is -2.07. The van der Waals surface area contributed by atoms with Crippen LogP contribution in [-0.2, 0) is 9.84 Å². The number of amides is 1. The van der Waals surface area contributed by atoms with Gasteiger partial charge in [0, 0.05) is 28.1 Å². The van der Waals surface area contributed by atoms with Gasteiger partial charge in [-0.05, 0) is 48.5 Å². The first-order valence-corrected chi connectivity index (χ1v) is 9.81. The topological polar surface area (TPSA) is 89.0 Å². The Labute approximate surface area is 155 Å². The van der Waals surface area contributed by atoms with Crippen molar-refractivity contribution in [3.05, 3.63) is 71.2 Å². The van der Waals surface area contributed by atoms with Crippen LogP contribution >= 0.6 is 11.6 Å². The van der Waals surface area contributed by atoms with Gasteiger partial charge in [-0.2, -0.15) is 0 Å². The lowest BCUT2D eigenvalue weighted by Crippen LogP contribution is -2.11. The molecule has 3 rings (SSSR count). The van der Waals surface area contributed by atoms with Crippen LogP contribution in [-0.4, -0.2) is 30.8 Å². The van der Waals surface area contributed by atoms with Gasteiger partial charge in [-0.3, -0.25) is 4.79 Å². The van der Waals surface area contributed by atoms with Crippen molar-refractivity contribution in [1.82, 2.24) is 10.2 Å². The fourth-order valence-electron chi connectivity index (χ4n) is 2.20. The maximum Gasteiger partial charge on any atom is 0.255 e.